The topological polar surface area (TPSA) is 94.5 Å². The van der Waals surface area contributed by atoms with E-state index in [1.54, 1.807) is 0 Å². The Balaban J connectivity index is 1.51. The normalized spacial score (nSPS) is 18.0. The van der Waals surface area contributed by atoms with Crippen molar-refractivity contribution in [2.24, 2.45) is 5.73 Å². The molecule has 1 aromatic heterocycles. The number of hydrogen-bond donors (Lipinski definition) is 1. The number of carbonyl (C=O) groups excluding carboxylic acids is 1. The highest BCUT2D eigenvalue weighted by molar-refractivity contribution is 5.88. The van der Waals surface area contributed by atoms with Crippen LogP contribution in [0.2, 0.25) is 0 Å². The summed E-state index contributed by atoms with van der Waals surface area (Å²) in [4.78, 5) is 17.5. The van der Waals surface area contributed by atoms with E-state index in [0.717, 1.165) is 43.7 Å². The minimum atomic E-state index is -0.666. The first-order chi connectivity index (χ1) is 11.6. The van der Waals surface area contributed by atoms with Crippen molar-refractivity contribution in [1.82, 2.24) is 15.0 Å². The molecule has 0 bridgehead atoms. The third kappa shape index (κ3) is 3.73. The maximum Gasteiger partial charge on any atom is 0.290 e. The molecular formula is C17H22N4O3. The smallest absolute Gasteiger partial charge is 0.290 e. The molecule has 0 spiro atoms. The van der Waals surface area contributed by atoms with Crippen LogP contribution in [0.5, 0.6) is 5.75 Å². The Morgan fingerprint density at radius 2 is 2.29 bits per heavy atom. The van der Waals surface area contributed by atoms with Crippen molar-refractivity contribution in [3.63, 3.8) is 0 Å². The second-order valence-electron chi connectivity index (χ2n) is 5.98. The molecule has 1 aliphatic rings. The van der Waals surface area contributed by atoms with Crippen LogP contribution in [0.4, 0.5) is 0 Å². The van der Waals surface area contributed by atoms with Gasteiger partial charge in [0, 0.05) is 6.54 Å². The zero-order valence-electron chi connectivity index (χ0n) is 13.8. The van der Waals surface area contributed by atoms with Crippen molar-refractivity contribution in [2.75, 3.05) is 19.7 Å². The second-order valence-corrected chi connectivity index (χ2v) is 5.98. The Hall–Kier alpha value is -2.41. The number of likely N-dealkylation sites (tertiary alicyclic amines) is 1. The monoisotopic (exact) mass is 330 g/mol. The Bertz CT molecular complexity index is 701. The first kappa shape index (κ1) is 16.4. The Kier molecular flexibility index (Phi) is 5.10. The lowest BCUT2D eigenvalue weighted by molar-refractivity contribution is 0.0987. The van der Waals surface area contributed by atoms with Crippen molar-refractivity contribution in [2.45, 2.75) is 32.2 Å². The standard InChI is InChI=1S/C17H22N4O3/c1-12-6-2-3-8-14(12)23-11-5-10-21-9-4-7-13(21)17-19-16(15(18)22)20-24-17/h2-3,6,8,13H,4-5,7,9-11H2,1H3,(H2,18,22)/t13-/m1/s1. The number of benzene rings is 1. The van der Waals surface area contributed by atoms with Crippen molar-refractivity contribution in [3.05, 3.63) is 41.5 Å². The van der Waals surface area contributed by atoms with Gasteiger partial charge < -0.3 is 15.0 Å². The number of para-hydroxylation sites is 1. The number of primary amides is 1. The van der Waals surface area contributed by atoms with Gasteiger partial charge in [-0.2, -0.15) is 4.98 Å². The van der Waals surface area contributed by atoms with Gasteiger partial charge in [0.25, 0.3) is 11.7 Å². The highest BCUT2D eigenvalue weighted by Crippen LogP contribution is 2.30. The van der Waals surface area contributed by atoms with Gasteiger partial charge in [-0.3, -0.25) is 9.69 Å². The number of amides is 1. The molecule has 24 heavy (non-hydrogen) atoms. The summed E-state index contributed by atoms with van der Waals surface area (Å²) in [7, 11) is 0. The van der Waals surface area contributed by atoms with Crippen LogP contribution in [-0.4, -0.2) is 40.6 Å². The average molecular weight is 330 g/mol. The lowest BCUT2D eigenvalue weighted by atomic mass is 10.2. The summed E-state index contributed by atoms with van der Waals surface area (Å²) in [6, 6.07) is 8.06. The highest BCUT2D eigenvalue weighted by Gasteiger charge is 2.30. The molecule has 1 atom stereocenters. The van der Waals surface area contributed by atoms with Crippen molar-refractivity contribution >= 4 is 5.91 Å². The SMILES string of the molecule is Cc1ccccc1OCCCN1CCC[C@@H]1c1nc(C(N)=O)no1. The molecule has 2 N–H and O–H groups in total. The van der Waals surface area contributed by atoms with Gasteiger partial charge in [-0.15, -0.1) is 0 Å². The van der Waals surface area contributed by atoms with Crippen LogP contribution in [0.15, 0.2) is 28.8 Å². The van der Waals surface area contributed by atoms with E-state index in [2.05, 4.69) is 15.0 Å². The average Bonchev–Trinajstić information content (AvgIpc) is 3.22. The van der Waals surface area contributed by atoms with Gasteiger partial charge in [0.1, 0.15) is 5.75 Å². The molecule has 1 saturated heterocycles. The van der Waals surface area contributed by atoms with Crippen molar-refractivity contribution in [3.8, 4) is 5.75 Å². The van der Waals surface area contributed by atoms with Gasteiger partial charge in [0.05, 0.1) is 12.6 Å². The predicted octanol–water partition coefficient (Wildman–Crippen LogP) is 2.08. The van der Waals surface area contributed by atoms with E-state index in [1.165, 1.54) is 0 Å². The first-order valence-corrected chi connectivity index (χ1v) is 8.21. The summed E-state index contributed by atoms with van der Waals surface area (Å²) in [6.07, 6.45) is 2.91. The van der Waals surface area contributed by atoms with Crippen LogP contribution in [-0.2, 0) is 0 Å². The van der Waals surface area contributed by atoms with E-state index >= 15 is 0 Å². The quantitative estimate of drug-likeness (QED) is 0.781. The number of nitrogens with two attached hydrogens (primary N) is 1. The lowest BCUT2D eigenvalue weighted by Crippen LogP contribution is -2.26. The molecule has 2 heterocycles. The van der Waals surface area contributed by atoms with Gasteiger partial charge in [0.2, 0.25) is 5.89 Å². The Morgan fingerprint density at radius 3 is 3.04 bits per heavy atom. The van der Waals surface area contributed by atoms with Gasteiger partial charge in [-0.25, -0.2) is 0 Å². The molecule has 3 rings (SSSR count). The van der Waals surface area contributed by atoms with Gasteiger partial charge >= 0.3 is 0 Å². The highest BCUT2D eigenvalue weighted by atomic mass is 16.5. The molecule has 1 aromatic carbocycles. The maximum atomic E-state index is 11.1. The summed E-state index contributed by atoms with van der Waals surface area (Å²) in [5.41, 5.74) is 6.31. The van der Waals surface area contributed by atoms with E-state index in [4.69, 9.17) is 15.0 Å². The molecule has 7 heteroatoms. The van der Waals surface area contributed by atoms with E-state index in [1.807, 2.05) is 31.2 Å². The molecule has 1 fully saturated rings. The largest absolute Gasteiger partial charge is 0.493 e. The predicted molar refractivity (Wildman–Crippen MR) is 87.7 cm³/mol. The van der Waals surface area contributed by atoms with E-state index in [0.29, 0.717) is 12.5 Å². The maximum absolute atomic E-state index is 11.1. The minimum Gasteiger partial charge on any atom is -0.493 e. The molecule has 7 nitrogen and oxygen atoms in total. The number of hydrogen-bond acceptors (Lipinski definition) is 6. The molecule has 128 valence electrons. The summed E-state index contributed by atoms with van der Waals surface area (Å²) in [5.74, 6) is 0.681. The fraction of sp³-hybridized carbons (Fsp3) is 0.471. The summed E-state index contributed by atoms with van der Waals surface area (Å²) >= 11 is 0. The third-order valence-electron chi connectivity index (χ3n) is 4.25. The molecule has 0 radical (unpaired) electrons. The van der Waals surface area contributed by atoms with E-state index < -0.39 is 5.91 Å². The number of nitrogens with zero attached hydrogens (tertiary/aromatic N) is 3. The number of rotatable bonds is 7. The van der Waals surface area contributed by atoms with Gasteiger partial charge in [-0.1, -0.05) is 23.4 Å². The Morgan fingerprint density at radius 1 is 1.46 bits per heavy atom. The van der Waals surface area contributed by atoms with Crippen molar-refractivity contribution in [1.29, 1.82) is 0 Å². The second kappa shape index (κ2) is 7.44. The molecule has 0 unspecified atom stereocenters. The lowest BCUT2D eigenvalue weighted by Gasteiger charge is -2.21. The zero-order valence-corrected chi connectivity index (χ0v) is 13.8. The number of aromatic nitrogens is 2. The molecule has 1 aliphatic heterocycles. The molecule has 0 saturated carbocycles. The van der Waals surface area contributed by atoms with Crippen LogP contribution in [0.1, 0.15) is 47.4 Å². The van der Waals surface area contributed by atoms with Crippen molar-refractivity contribution < 1.29 is 14.1 Å². The first-order valence-electron chi connectivity index (χ1n) is 8.21. The van der Waals surface area contributed by atoms with Crippen LogP contribution in [0, 0.1) is 6.92 Å². The molecule has 2 aromatic rings. The number of ether oxygens (including phenoxy) is 1. The van der Waals surface area contributed by atoms with Gasteiger partial charge in [-0.05, 0) is 44.4 Å². The zero-order chi connectivity index (χ0) is 16.9. The summed E-state index contributed by atoms with van der Waals surface area (Å²) < 4.78 is 11.0. The fourth-order valence-corrected chi connectivity index (χ4v) is 3.01. The summed E-state index contributed by atoms with van der Waals surface area (Å²) in [6.45, 7) is 4.55. The van der Waals surface area contributed by atoms with E-state index in [9.17, 15) is 4.79 Å². The summed E-state index contributed by atoms with van der Waals surface area (Å²) in [5, 5.41) is 3.63. The third-order valence-corrected chi connectivity index (χ3v) is 4.25. The molecule has 1 amide bonds. The van der Waals surface area contributed by atoms with Crippen LogP contribution >= 0.6 is 0 Å². The number of aryl methyl sites for hydroxylation is 1. The van der Waals surface area contributed by atoms with E-state index in [-0.39, 0.29) is 11.9 Å². The fourth-order valence-electron chi connectivity index (χ4n) is 3.01. The minimum absolute atomic E-state index is 0.0558. The molecule has 0 aliphatic carbocycles. The number of carbonyl (C=O) groups is 1. The molecular weight excluding hydrogens is 308 g/mol. The van der Waals surface area contributed by atoms with Crippen LogP contribution in [0.25, 0.3) is 0 Å². The van der Waals surface area contributed by atoms with Crippen LogP contribution in [0.3, 0.4) is 0 Å². The van der Waals surface area contributed by atoms with Gasteiger partial charge in [0.15, 0.2) is 0 Å². The Labute approximate surface area is 140 Å². The van der Waals surface area contributed by atoms with Crippen LogP contribution < -0.4 is 10.5 Å².